The van der Waals surface area contributed by atoms with Crippen LogP contribution in [-0.2, 0) is 11.3 Å². The van der Waals surface area contributed by atoms with Crippen molar-refractivity contribution in [2.75, 3.05) is 39.3 Å². The lowest BCUT2D eigenvalue weighted by molar-refractivity contribution is -0.135. The van der Waals surface area contributed by atoms with E-state index in [0.29, 0.717) is 17.2 Å². The molecule has 1 spiro atoms. The fourth-order valence-electron chi connectivity index (χ4n) is 4.18. The van der Waals surface area contributed by atoms with Gasteiger partial charge in [0.25, 0.3) is 0 Å². The number of nitrogens with one attached hydrogen (secondary N) is 1. The molecule has 1 aromatic rings. The van der Waals surface area contributed by atoms with Crippen molar-refractivity contribution in [3.05, 3.63) is 21.3 Å². The molecule has 3 heterocycles. The highest BCUT2D eigenvalue weighted by molar-refractivity contribution is 7.16. The lowest BCUT2D eigenvalue weighted by Crippen LogP contribution is -2.49. The first-order chi connectivity index (χ1) is 11.2. The van der Waals surface area contributed by atoms with E-state index in [9.17, 15) is 4.79 Å². The summed E-state index contributed by atoms with van der Waals surface area (Å²) >= 11 is 7.65. The van der Waals surface area contributed by atoms with Crippen molar-refractivity contribution in [2.24, 2.45) is 11.3 Å². The van der Waals surface area contributed by atoms with Gasteiger partial charge in [-0.3, -0.25) is 9.69 Å². The van der Waals surface area contributed by atoms with E-state index < -0.39 is 0 Å². The fourth-order valence-corrected chi connectivity index (χ4v) is 5.31. The number of hydrogen-bond donors (Lipinski definition) is 1. The third-order valence-corrected chi connectivity index (χ3v) is 7.00. The first-order valence-corrected chi connectivity index (χ1v) is 9.82. The monoisotopic (exact) mass is 353 g/mol. The van der Waals surface area contributed by atoms with Gasteiger partial charge in [-0.15, -0.1) is 11.3 Å². The summed E-state index contributed by atoms with van der Waals surface area (Å²) in [6, 6.07) is 4.07. The van der Waals surface area contributed by atoms with Crippen LogP contribution in [0.25, 0.3) is 0 Å². The molecular weight excluding hydrogens is 330 g/mol. The third-order valence-electron chi connectivity index (χ3n) is 5.78. The maximum Gasteiger partial charge on any atom is 0.226 e. The van der Waals surface area contributed by atoms with Gasteiger partial charge in [-0.1, -0.05) is 11.6 Å². The van der Waals surface area contributed by atoms with Gasteiger partial charge in [-0.05, 0) is 49.9 Å². The Morgan fingerprint density at radius 1 is 1.26 bits per heavy atom. The first kappa shape index (κ1) is 15.9. The number of thiophene rings is 1. The summed E-state index contributed by atoms with van der Waals surface area (Å²) in [5.74, 6) is 0.734. The number of rotatable bonds is 3. The standard InChI is InChI=1S/C17H24ClN3OS/c18-15-2-1-13(23-15)12-20-7-9-21(10-8-20)16(22)14-11-17(14)3-5-19-6-4-17/h1-2,14,19H,3-12H2. The topological polar surface area (TPSA) is 35.6 Å². The molecule has 0 radical (unpaired) electrons. The molecule has 1 amide bonds. The molecule has 2 aliphatic heterocycles. The smallest absolute Gasteiger partial charge is 0.226 e. The number of piperidine rings is 1. The van der Waals surface area contributed by atoms with Gasteiger partial charge in [0.2, 0.25) is 5.91 Å². The van der Waals surface area contributed by atoms with E-state index in [1.807, 2.05) is 6.07 Å². The highest BCUT2D eigenvalue weighted by Crippen LogP contribution is 2.59. The van der Waals surface area contributed by atoms with Crippen LogP contribution in [0.4, 0.5) is 0 Å². The lowest BCUT2D eigenvalue weighted by atomic mass is 9.91. The van der Waals surface area contributed by atoms with Crippen LogP contribution in [-0.4, -0.2) is 55.0 Å². The molecule has 3 aliphatic rings. The molecule has 1 aliphatic carbocycles. The van der Waals surface area contributed by atoms with Gasteiger partial charge in [0.15, 0.2) is 0 Å². The summed E-state index contributed by atoms with van der Waals surface area (Å²) < 4.78 is 0.856. The van der Waals surface area contributed by atoms with Crippen molar-refractivity contribution < 1.29 is 4.79 Å². The third kappa shape index (κ3) is 3.29. The van der Waals surface area contributed by atoms with E-state index in [4.69, 9.17) is 11.6 Å². The quantitative estimate of drug-likeness (QED) is 0.906. The molecule has 1 saturated carbocycles. The molecular formula is C17H24ClN3OS. The van der Waals surface area contributed by atoms with Crippen LogP contribution in [0.15, 0.2) is 12.1 Å². The Morgan fingerprint density at radius 2 is 2.00 bits per heavy atom. The van der Waals surface area contributed by atoms with Crippen molar-refractivity contribution in [2.45, 2.75) is 25.8 Å². The summed E-state index contributed by atoms with van der Waals surface area (Å²) in [6.07, 6.45) is 3.49. The normalized spacial score (nSPS) is 27.3. The lowest BCUT2D eigenvalue weighted by Gasteiger charge is -2.35. The fraction of sp³-hybridized carbons (Fsp3) is 0.706. The second-order valence-corrected chi connectivity index (χ2v) is 8.98. The zero-order valence-electron chi connectivity index (χ0n) is 13.4. The Kier molecular flexibility index (Phi) is 4.39. The molecule has 1 N–H and O–H groups in total. The Hall–Kier alpha value is -0.620. The summed E-state index contributed by atoms with van der Waals surface area (Å²) in [6.45, 7) is 6.83. The second kappa shape index (κ2) is 6.36. The van der Waals surface area contributed by atoms with Crippen LogP contribution in [0, 0.1) is 11.3 Å². The average Bonchev–Trinajstić information content (AvgIpc) is 3.09. The number of hydrogen-bond acceptors (Lipinski definition) is 4. The zero-order chi connectivity index (χ0) is 15.9. The van der Waals surface area contributed by atoms with Crippen LogP contribution in [0.3, 0.4) is 0 Å². The Labute approximate surface area is 146 Å². The Balaban J connectivity index is 1.27. The molecule has 6 heteroatoms. The second-order valence-electron chi connectivity index (χ2n) is 7.18. The van der Waals surface area contributed by atoms with Crippen LogP contribution in [0.1, 0.15) is 24.1 Å². The van der Waals surface area contributed by atoms with Crippen molar-refractivity contribution in [3.8, 4) is 0 Å². The molecule has 0 bridgehead atoms. The minimum atomic E-state index is 0.312. The predicted octanol–water partition coefficient (Wildman–Crippen LogP) is 2.44. The van der Waals surface area contributed by atoms with E-state index >= 15 is 0 Å². The van der Waals surface area contributed by atoms with Crippen LogP contribution in [0.2, 0.25) is 4.34 Å². The summed E-state index contributed by atoms with van der Waals surface area (Å²) in [7, 11) is 0. The largest absolute Gasteiger partial charge is 0.340 e. The van der Waals surface area contributed by atoms with Gasteiger partial charge in [0.1, 0.15) is 0 Å². The molecule has 1 aromatic heterocycles. The minimum absolute atomic E-state index is 0.312. The van der Waals surface area contributed by atoms with Crippen molar-refractivity contribution in [1.82, 2.24) is 15.1 Å². The maximum atomic E-state index is 12.8. The van der Waals surface area contributed by atoms with Gasteiger partial charge in [-0.2, -0.15) is 0 Å². The van der Waals surface area contributed by atoms with E-state index in [1.54, 1.807) is 11.3 Å². The Bertz CT molecular complexity index is 576. The van der Waals surface area contributed by atoms with Crippen molar-refractivity contribution in [3.63, 3.8) is 0 Å². The zero-order valence-corrected chi connectivity index (χ0v) is 15.0. The van der Waals surface area contributed by atoms with Gasteiger partial charge in [0, 0.05) is 43.5 Å². The summed E-state index contributed by atoms with van der Waals surface area (Å²) in [5, 5.41) is 3.41. The number of piperazine rings is 1. The molecule has 2 saturated heterocycles. The van der Waals surface area contributed by atoms with Crippen molar-refractivity contribution in [1.29, 1.82) is 0 Å². The average molecular weight is 354 g/mol. The van der Waals surface area contributed by atoms with E-state index in [0.717, 1.165) is 56.6 Å². The SMILES string of the molecule is O=C(C1CC12CCNCC2)N1CCN(Cc2ccc(Cl)s2)CC1. The van der Waals surface area contributed by atoms with Crippen molar-refractivity contribution >= 4 is 28.8 Å². The molecule has 0 aromatic carbocycles. The molecule has 4 rings (SSSR count). The van der Waals surface area contributed by atoms with Gasteiger partial charge in [-0.25, -0.2) is 0 Å². The first-order valence-electron chi connectivity index (χ1n) is 8.62. The molecule has 1 atom stereocenters. The van der Waals surface area contributed by atoms with Gasteiger partial charge >= 0.3 is 0 Å². The number of amides is 1. The number of carbonyl (C=O) groups excluding carboxylic acids is 1. The number of nitrogens with zero attached hydrogens (tertiary/aromatic N) is 2. The van der Waals surface area contributed by atoms with E-state index in [-0.39, 0.29) is 0 Å². The van der Waals surface area contributed by atoms with Gasteiger partial charge in [0.05, 0.1) is 4.34 Å². The molecule has 1 unspecified atom stereocenters. The van der Waals surface area contributed by atoms with Crippen LogP contribution >= 0.6 is 22.9 Å². The van der Waals surface area contributed by atoms with Crippen LogP contribution < -0.4 is 5.32 Å². The summed E-state index contributed by atoms with van der Waals surface area (Å²) in [4.78, 5) is 18.6. The van der Waals surface area contributed by atoms with Crippen LogP contribution in [0.5, 0.6) is 0 Å². The molecule has 23 heavy (non-hydrogen) atoms. The summed E-state index contributed by atoms with van der Waals surface area (Å²) in [5.41, 5.74) is 0.354. The maximum absolute atomic E-state index is 12.8. The molecule has 126 valence electrons. The predicted molar refractivity (Wildman–Crippen MR) is 93.8 cm³/mol. The van der Waals surface area contributed by atoms with E-state index in [1.165, 1.54) is 17.7 Å². The highest BCUT2D eigenvalue weighted by atomic mass is 35.5. The minimum Gasteiger partial charge on any atom is -0.340 e. The Morgan fingerprint density at radius 3 is 2.65 bits per heavy atom. The number of carbonyl (C=O) groups is 1. The molecule has 4 nitrogen and oxygen atoms in total. The highest BCUT2D eigenvalue weighted by Gasteiger charge is 2.58. The van der Waals surface area contributed by atoms with E-state index in [2.05, 4.69) is 21.2 Å². The molecule has 3 fully saturated rings. The van der Waals surface area contributed by atoms with Gasteiger partial charge < -0.3 is 10.2 Å². The number of halogens is 1.